The molecule has 0 aliphatic heterocycles. The van der Waals surface area contributed by atoms with Gasteiger partial charge in [-0.05, 0) is 13.8 Å². The van der Waals surface area contributed by atoms with Gasteiger partial charge in [-0.2, -0.15) is 18.3 Å². The molecule has 80 valence electrons. The van der Waals surface area contributed by atoms with Crippen molar-refractivity contribution >= 4 is 0 Å². The molecule has 2 N–H and O–H groups in total. The summed E-state index contributed by atoms with van der Waals surface area (Å²) < 4.78 is 38.2. The highest BCUT2D eigenvalue weighted by molar-refractivity contribution is 5.21. The van der Waals surface area contributed by atoms with Crippen LogP contribution < -0.4 is 5.73 Å². The van der Waals surface area contributed by atoms with Gasteiger partial charge in [-0.25, -0.2) is 0 Å². The molecule has 0 aliphatic carbocycles. The fraction of sp³-hybridized carbons (Fsp3) is 0.625. The van der Waals surface area contributed by atoms with Crippen LogP contribution in [-0.2, 0) is 6.54 Å². The minimum Gasteiger partial charge on any atom is -0.316 e. The molecule has 6 heteroatoms. The van der Waals surface area contributed by atoms with Crippen LogP contribution in [0.15, 0.2) is 6.20 Å². The first kappa shape index (κ1) is 11.0. The van der Waals surface area contributed by atoms with E-state index in [0.29, 0.717) is 12.2 Å². The zero-order valence-corrected chi connectivity index (χ0v) is 7.97. The van der Waals surface area contributed by atoms with E-state index in [1.54, 1.807) is 6.92 Å². The Kier molecular flexibility index (Phi) is 2.84. The van der Waals surface area contributed by atoms with Gasteiger partial charge in [0.2, 0.25) is 0 Å². The van der Waals surface area contributed by atoms with Crippen molar-refractivity contribution in [3.8, 4) is 0 Å². The molecule has 0 saturated carbocycles. The van der Waals surface area contributed by atoms with Crippen LogP contribution in [-0.4, -0.2) is 16.0 Å². The van der Waals surface area contributed by atoms with Gasteiger partial charge in [0.25, 0.3) is 0 Å². The van der Waals surface area contributed by atoms with Crippen LogP contribution in [0.4, 0.5) is 13.2 Å². The Hall–Kier alpha value is -1.04. The summed E-state index contributed by atoms with van der Waals surface area (Å²) >= 11 is 0. The van der Waals surface area contributed by atoms with Crippen LogP contribution in [0.25, 0.3) is 0 Å². The molecule has 1 unspecified atom stereocenters. The van der Waals surface area contributed by atoms with E-state index in [4.69, 9.17) is 5.73 Å². The minimum atomic E-state index is -4.41. The Morgan fingerprint density at radius 1 is 1.57 bits per heavy atom. The van der Waals surface area contributed by atoms with Crippen molar-refractivity contribution in [1.29, 1.82) is 0 Å². The lowest BCUT2D eigenvalue weighted by molar-refractivity contribution is -0.149. The molecule has 1 aromatic rings. The molecular weight excluding hydrogens is 195 g/mol. The molecule has 0 aromatic carbocycles. The van der Waals surface area contributed by atoms with Crippen LogP contribution in [0.5, 0.6) is 0 Å². The third-order valence-electron chi connectivity index (χ3n) is 2.00. The summed E-state index contributed by atoms with van der Waals surface area (Å²) in [6.07, 6.45) is -3.07. The van der Waals surface area contributed by atoms with Gasteiger partial charge in [0.1, 0.15) is 6.04 Å². The SMILES string of the molecule is CCn1cc(C(N)C(F)(F)F)c(C)n1. The molecule has 0 saturated heterocycles. The molecule has 1 rings (SSSR count). The fourth-order valence-electron chi connectivity index (χ4n) is 1.18. The van der Waals surface area contributed by atoms with Gasteiger partial charge in [-0.3, -0.25) is 4.68 Å². The maximum absolute atomic E-state index is 12.3. The number of aryl methyl sites for hydroxylation is 2. The standard InChI is InChI=1S/C8H12F3N3/c1-3-14-4-6(5(2)13-14)7(12)8(9,10)11/h4,7H,3,12H2,1-2H3. The van der Waals surface area contributed by atoms with Crippen molar-refractivity contribution in [2.24, 2.45) is 5.73 Å². The predicted octanol–water partition coefficient (Wildman–Crippen LogP) is 1.77. The Morgan fingerprint density at radius 3 is 2.50 bits per heavy atom. The van der Waals surface area contributed by atoms with E-state index in [0.717, 1.165) is 0 Å². The van der Waals surface area contributed by atoms with Gasteiger partial charge >= 0.3 is 6.18 Å². The van der Waals surface area contributed by atoms with E-state index in [-0.39, 0.29) is 5.56 Å². The van der Waals surface area contributed by atoms with Crippen molar-refractivity contribution in [3.05, 3.63) is 17.5 Å². The van der Waals surface area contributed by atoms with Gasteiger partial charge in [-0.15, -0.1) is 0 Å². The van der Waals surface area contributed by atoms with Crippen LogP contribution in [0, 0.1) is 6.92 Å². The van der Waals surface area contributed by atoms with Crippen molar-refractivity contribution in [2.45, 2.75) is 32.6 Å². The highest BCUT2D eigenvalue weighted by atomic mass is 19.4. The Labute approximate surface area is 79.7 Å². The Morgan fingerprint density at radius 2 is 2.14 bits per heavy atom. The monoisotopic (exact) mass is 207 g/mol. The van der Waals surface area contributed by atoms with Gasteiger partial charge in [0, 0.05) is 18.3 Å². The molecule has 0 fully saturated rings. The lowest BCUT2D eigenvalue weighted by Crippen LogP contribution is -2.28. The highest BCUT2D eigenvalue weighted by Gasteiger charge is 2.39. The van der Waals surface area contributed by atoms with E-state index >= 15 is 0 Å². The molecule has 1 aromatic heterocycles. The average molecular weight is 207 g/mol. The van der Waals surface area contributed by atoms with Crippen LogP contribution in [0.1, 0.15) is 24.2 Å². The van der Waals surface area contributed by atoms with Crippen molar-refractivity contribution in [3.63, 3.8) is 0 Å². The van der Waals surface area contributed by atoms with E-state index in [1.165, 1.54) is 17.8 Å². The normalized spacial score (nSPS) is 14.4. The van der Waals surface area contributed by atoms with Gasteiger partial charge in [0.15, 0.2) is 0 Å². The first-order valence-corrected chi connectivity index (χ1v) is 4.22. The molecule has 3 nitrogen and oxygen atoms in total. The van der Waals surface area contributed by atoms with E-state index < -0.39 is 12.2 Å². The third kappa shape index (κ3) is 2.06. The third-order valence-corrected chi connectivity index (χ3v) is 2.00. The first-order chi connectivity index (χ1) is 6.36. The van der Waals surface area contributed by atoms with Crippen LogP contribution in [0.3, 0.4) is 0 Å². The summed E-state index contributed by atoms with van der Waals surface area (Å²) in [5, 5.41) is 3.90. The molecule has 1 heterocycles. The summed E-state index contributed by atoms with van der Waals surface area (Å²) in [4.78, 5) is 0. The average Bonchev–Trinajstić information content (AvgIpc) is 2.43. The van der Waals surface area contributed by atoms with Gasteiger partial charge in [-0.1, -0.05) is 0 Å². The number of alkyl halides is 3. The number of aromatic nitrogens is 2. The second-order valence-corrected chi connectivity index (χ2v) is 3.04. The molecule has 0 radical (unpaired) electrons. The zero-order valence-electron chi connectivity index (χ0n) is 7.97. The second-order valence-electron chi connectivity index (χ2n) is 3.04. The largest absolute Gasteiger partial charge is 0.407 e. The number of rotatable bonds is 2. The van der Waals surface area contributed by atoms with Gasteiger partial charge < -0.3 is 5.73 Å². The van der Waals surface area contributed by atoms with E-state index in [1.807, 2.05) is 0 Å². The van der Waals surface area contributed by atoms with E-state index in [2.05, 4.69) is 5.10 Å². The first-order valence-electron chi connectivity index (χ1n) is 4.22. The van der Waals surface area contributed by atoms with Crippen molar-refractivity contribution < 1.29 is 13.2 Å². The quantitative estimate of drug-likeness (QED) is 0.803. The van der Waals surface area contributed by atoms with Crippen LogP contribution in [0.2, 0.25) is 0 Å². The summed E-state index contributed by atoms with van der Waals surface area (Å²) in [5.41, 5.74) is 5.43. The van der Waals surface area contributed by atoms with E-state index in [9.17, 15) is 13.2 Å². The Balaban J connectivity index is 3.01. The van der Waals surface area contributed by atoms with Crippen molar-refractivity contribution in [2.75, 3.05) is 0 Å². The molecule has 14 heavy (non-hydrogen) atoms. The molecular formula is C8H12F3N3. The highest BCUT2D eigenvalue weighted by Crippen LogP contribution is 2.31. The Bertz CT molecular complexity index is 316. The number of hydrogen-bond acceptors (Lipinski definition) is 2. The lowest BCUT2D eigenvalue weighted by atomic mass is 10.1. The zero-order chi connectivity index (χ0) is 10.9. The smallest absolute Gasteiger partial charge is 0.316 e. The van der Waals surface area contributed by atoms with Crippen molar-refractivity contribution in [1.82, 2.24) is 9.78 Å². The molecule has 0 spiro atoms. The minimum absolute atomic E-state index is 0.0411. The second kappa shape index (κ2) is 3.61. The maximum atomic E-state index is 12.3. The predicted molar refractivity (Wildman–Crippen MR) is 45.6 cm³/mol. The van der Waals surface area contributed by atoms with Crippen LogP contribution >= 0.6 is 0 Å². The number of nitrogens with two attached hydrogens (primary N) is 1. The molecule has 1 atom stereocenters. The summed E-state index contributed by atoms with van der Waals surface area (Å²) in [6.45, 7) is 3.86. The number of hydrogen-bond donors (Lipinski definition) is 1. The maximum Gasteiger partial charge on any atom is 0.407 e. The fourth-order valence-corrected chi connectivity index (χ4v) is 1.18. The summed E-state index contributed by atoms with van der Waals surface area (Å²) in [7, 11) is 0. The number of halogens is 3. The van der Waals surface area contributed by atoms with Gasteiger partial charge in [0.05, 0.1) is 5.69 Å². The molecule has 0 amide bonds. The topological polar surface area (TPSA) is 43.8 Å². The summed E-state index contributed by atoms with van der Waals surface area (Å²) in [6, 6.07) is -1.94. The molecule has 0 aliphatic rings. The number of nitrogens with zero attached hydrogens (tertiary/aromatic N) is 2. The summed E-state index contributed by atoms with van der Waals surface area (Å²) in [5.74, 6) is 0. The molecule has 0 bridgehead atoms. The lowest BCUT2D eigenvalue weighted by Gasteiger charge is -2.14.